The third kappa shape index (κ3) is 1.89. The molecule has 2 bridgehead atoms. The first kappa shape index (κ1) is 13.1. The summed E-state index contributed by atoms with van der Waals surface area (Å²) in [5.41, 5.74) is 1.65. The van der Waals surface area contributed by atoms with Crippen LogP contribution >= 0.6 is 11.6 Å². The zero-order valence-electron chi connectivity index (χ0n) is 11.6. The maximum Gasteiger partial charge on any atom is 0.310 e. The summed E-state index contributed by atoms with van der Waals surface area (Å²) in [6.45, 7) is 1.92. The molecule has 1 aliphatic heterocycles. The number of carbonyl (C=O) groups is 2. The van der Waals surface area contributed by atoms with Gasteiger partial charge in [-0.1, -0.05) is 17.7 Å². The molecule has 0 spiro atoms. The van der Waals surface area contributed by atoms with Gasteiger partial charge in [0.05, 0.1) is 11.8 Å². The number of fused-ring (bicyclic) bond motifs is 1. The van der Waals surface area contributed by atoms with E-state index in [0.717, 1.165) is 18.4 Å². The molecule has 5 atom stereocenters. The largest absolute Gasteiger partial charge is 0.462 e. The van der Waals surface area contributed by atoms with Gasteiger partial charge in [0, 0.05) is 16.6 Å². The number of amides is 1. The number of esters is 1. The zero-order chi connectivity index (χ0) is 14.7. The molecule has 0 radical (unpaired) electrons. The van der Waals surface area contributed by atoms with E-state index in [9.17, 15) is 9.59 Å². The minimum atomic E-state index is -0.249. The van der Waals surface area contributed by atoms with Crippen molar-refractivity contribution in [1.29, 1.82) is 0 Å². The van der Waals surface area contributed by atoms with Gasteiger partial charge in [0.1, 0.15) is 6.10 Å². The predicted molar refractivity (Wildman–Crippen MR) is 77.9 cm³/mol. The molecule has 1 amide bonds. The number of hydrogen-bond acceptors (Lipinski definition) is 3. The van der Waals surface area contributed by atoms with Crippen LogP contribution in [0.3, 0.4) is 0 Å². The molecule has 1 N–H and O–H groups in total. The van der Waals surface area contributed by atoms with Gasteiger partial charge >= 0.3 is 5.97 Å². The van der Waals surface area contributed by atoms with Crippen molar-refractivity contribution in [2.24, 2.45) is 23.7 Å². The summed E-state index contributed by atoms with van der Waals surface area (Å²) in [7, 11) is 0. The predicted octanol–water partition coefficient (Wildman–Crippen LogP) is 2.78. The summed E-state index contributed by atoms with van der Waals surface area (Å²) in [6.07, 6.45) is 1.83. The van der Waals surface area contributed by atoms with Gasteiger partial charge in [-0.15, -0.1) is 0 Å². The van der Waals surface area contributed by atoms with E-state index < -0.39 is 0 Å². The number of ether oxygens (including phenoxy) is 1. The summed E-state index contributed by atoms with van der Waals surface area (Å²) in [6, 6.07) is 5.46. The van der Waals surface area contributed by atoms with E-state index in [1.54, 1.807) is 6.07 Å². The van der Waals surface area contributed by atoms with Crippen LogP contribution in [0.5, 0.6) is 0 Å². The summed E-state index contributed by atoms with van der Waals surface area (Å²) >= 11 is 6.08. The average molecular weight is 306 g/mol. The second kappa shape index (κ2) is 4.47. The van der Waals surface area contributed by atoms with Crippen LogP contribution in [0.25, 0.3) is 0 Å². The zero-order valence-corrected chi connectivity index (χ0v) is 12.4. The van der Waals surface area contributed by atoms with E-state index in [1.165, 1.54) is 0 Å². The monoisotopic (exact) mass is 305 g/mol. The fourth-order valence-corrected chi connectivity index (χ4v) is 4.44. The van der Waals surface area contributed by atoms with E-state index in [1.807, 2.05) is 19.1 Å². The Morgan fingerprint density at radius 1 is 1.38 bits per heavy atom. The number of aryl methyl sites for hydroxylation is 1. The van der Waals surface area contributed by atoms with E-state index in [2.05, 4.69) is 5.32 Å². The lowest BCUT2D eigenvalue weighted by atomic mass is 9.79. The topological polar surface area (TPSA) is 55.4 Å². The lowest BCUT2D eigenvalue weighted by molar-refractivity contribution is -0.145. The molecule has 0 unspecified atom stereocenters. The normalized spacial score (nSPS) is 35.9. The van der Waals surface area contributed by atoms with Crippen LogP contribution in [-0.2, 0) is 14.3 Å². The second-order valence-corrected chi connectivity index (χ2v) is 6.78. The van der Waals surface area contributed by atoms with Gasteiger partial charge < -0.3 is 10.1 Å². The number of hydrogen-bond donors (Lipinski definition) is 1. The van der Waals surface area contributed by atoms with Crippen LogP contribution in [0, 0.1) is 30.6 Å². The first-order chi connectivity index (χ1) is 10.0. The van der Waals surface area contributed by atoms with Gasteiger partial charge in [-0.3, -0.25) is 9.59 Å². The molecular formula is C16H16ClNO3. The molecule has 21 heavy (non-hydrogen) atoms. The number of rotatable bonds is 2. The van der Waals surface area contributed by atoms with E-state index in [4.69, 9.17) is 16.3 Å². The lowest BCUT2D eigenvalue weighted by Gasteiger charge is -2.23. The summed E-state index contributed by atoms with van der Waals surface area (Å²) < 4.78 is 5.36. The van der Waals surface area contributed by atoms with Gasteiger partial charge in [0.25, 0.3) is 0 Å². The molecule has 0 aromatic heterocycles. The molecule has 3 fully saturated rings. The van der Waals surface area contributed by atoms with E-state index >= 15 is 0 Å². The van der Waals surface area contributed by atoms with Crippen molar-refractivity contribution in [2.45, 2.75) is 25.9 Å². The van der Waals surface area contributed by atoms with Crippen molar-refractivity contribution in [2.75, 3.05) is 5.32 Å². The first-order valence-electron chi connectivity index (χ1n) is 7.32. The van der Waals surface area contributed by atoms with Gasteiger partial charge in [-0.05, 0) is 43.4 Å². The first-order valence-corrected chi connectivity index (χ1v) is 7.70. The smallest absolute Gasteiger partial charge is 0.310 e. The molecule has 1 saturated heterocycles. The molecular weight excluding hydrogens is 290 g/mol. The molecule has 2 saturated carbocycles. The Morgan fingerprint density at radius 3 is 2.95 bits per heavy atom. The highest BCUT2D eigenvalue weighted by molar-refractivity contribution is 6.31. The number of halogens is 1. The average Bonchev–Trinajstić information content (AvgIpc) is 3.04. The molecule has 5 heteroatoms. The van der Waals surface area contributed by atoms with E-state index in [0.29, 0.717) is 10.7 Å². The van der Waals surface area contributed by atoms with Crippen LogP contribution in [0.15, 0.2) is 18.2 Å². The van der Waals surface area contributed by atoms with Crippen molar-refractivity contribution in [1.82, 2.24) is 0 Å². The van der Waals surface area contributed by atoms with Gasteiger partial charge in [-0.2, -0.15) is 0 Å². The van der Waals surface area contributed by atoms with Gasteiger partial charge in [0.15, 0.2) is 0 Å². The number of nitrogens with one attached hydrogen (secondary N) is 1. The quantitative estimate of drug-likeness (QED) is 0.855. The minimum absolute atomic E-state index is 0.0605. The fourth-order valence-electron chi connectivity index (χ4n) is 4.26. The maximum atomic E-state index is 12.6. The SMILES string of the molecule is Cc1ccc(NC(=O)[C@H]2[C@H]3C[C@@H]4[C@@H]2C(=O)O[C@@H]4C3)cc1Cl. The lowest BCUT2D eigenvalue weighted by Crippen LogP contribution is -2.35. The molecule has 4 rings (SSSR count). The van der Waals surface area contributed by atoms with Crippen LogP contribution < -0.4 is 5.32 Å². The Labute approximate surface area is 127 Å². The molecule has 1 aromatic carbocycles. The standard InChI is InChI=1S/C16H16ClNO3/c1-7-2-3-9(6-11(7)17)18-15(19)13-8-4-10-12(5-8)21-16(20)14(10)13/h2-3,6,8,10,12-14H,4-5H2,1H3,(H,18,19)/t8-,10-,12+,13-,14-/m0/s1. The van der Waals surface area contributed by atoms with Crippen molar-refractivity contribution in [3.63, 3.8) is 0 Å². The molecule has 4 nitrogen and oxygen atoms in total. The van der Waals surface area contributed by atoms with Crippen molar-refractivity contribution in [3.8, 4) is 0 Å². The van der Waals surface area contributed by atoms with Crippen LogP contribution in [0.4, 0.5) is 5.69 Å². The minimum Gasteiger partial charge on any atom is -0.462 e. The Hall–Kier alpha value is -1.55. The summed E-state index contributed by atoms with van der Waals surface area (Å²) in [4.78, 5) is 24.5. The maximum absolute atomic E-state index is 12.6. The molecule has 3 aliphatic rings. The highest BCUT2D eigenvalue weighted by Gasteiger charge is 2.63. The summed E-state index contributed by atoms with van der Waals surface area (Å²) in [5, 5.41) is 3.53. The second-order valence-electron chi connectivity index (χ2n) is 6.38. The van der Waals surface area contributed by atoms with Crippen molar-refractivity contribution in [3.05, 3.63) is 28.8 Å². The Morgan fingerprint density at radius 2 is 2.19 bits per heavy atom. The van der Waals surface area contributed by atoms with Crippen molar-refractivity contribution < 1.29 is 14.3 Å². The Balaban J connectivity index is 1.55. The third-order valence-corrected chi connectivity index (χ3v) is 5.63. The highest BCUT2D eigenvalue weighted by atomic mass is 35.5. The molecule has 110 valence electrons. The fraction of sp³-hybridized carbons (Fsp3) is 0.500. The Kier molecular flexibility index (Phi) is 2.80. The van der Waals surface area contributed by atoms with E-state index in [-0.39, 0.29) is 41.7 Å². The van der Waals surface area contributed by atoms with Crippen LogP contribution in [0.1, 0.15) is 18.4 Å². The third-order valence-electron chi connectivity index (χ3n) is 5.23. The van der Waals surface area contributed by atoms with Crippen molar-refractivity contribution >= 4 is 29.2 Å². The molecule has 1 aromatic rings. The van der Waals surface area contributed by atoms with Crippen LogP contribution in [0.2, 0.25) is 5.02 Å². The Bertz CT molecular complexity index is 642. The molecule has 2 aliphatic carbocycles. The number of carbonyl (C=O) groups excluding carboxylic acids is 2. The van der Waals surface area contributed by atoms with Gasteiger partial charge in [-0.25, -0.2) is 0 Å². The summed E-state index contributed by atoms with van der Waals surface area (Å²) in [5.74, 6) is -0.231. The number of anilines is 1. The van der Waals surface area contributed by atoms with Gasteiger partial charge in [0.2, 0.25) is 5.91 Å². The molecule has 1 heterocycles. The number of benzene rings is 1. The van der Waals surface area contributed by atoms with Crippen LogP contribution in [-0.4, -0.2) is 18.0 Å². The highest BCUT2D eigenvalue weighted by Crippen LogP contribution is 2.57.